The molecule has 3 heteroatoms. The van der Waals surface area contributed by atoms with Crippen molar-refractivity contribution < 1.29 is 4.74 Å². The monoisotopic (exact) mass is 319 g/mol. The van der Waals surface area contributed by atoms with E-state index in [-0.39, 0.29) is 6.10 Å². The molecule has 0 aliphatic carbocycles. The van der Waals surface area contributed by atoms with Gasteiger partial charge in [0.1, 0.15) is 11.9 Å². The van der Waals surface area contributed by atoms with E-state index in [9.17, 15) is 0 Å². The van der Waals surface area contributed by atoms with Crippen LogP contribution in [0.3, 0.4) is 0 Å². The Bertz CT molecular complexity index is 542. The molecule has 0 aliphatic heterocycles. The summed E-state index contributed by atoms with van der Waals surface area (Å²) >= 11 is 3.47. The van der Waals surface area contributed by atoms with Gasteiger partial charge >= 0.3 is 0 Å². The van der Waals surface area contributed by atoms with Crippen molar-refractivity contribution in [3.05, 3.63) is 64.1 Å². The standard InChI is InChI=1S/C16H18BrNO/c1-2-12-5-3-8-15(9-12)19-16(11-18)13-6-4-7-14(17)10-13/h3-10,16H,2,11,18H2,1H3. The average Bonchev–Trinajstić information content (AvgIpc) is 2.45. The van der Waals surface area contributed by atoms with Crippen LogP contribution in [-0.2, 0) is 6.42 Å². The normalized spacial score (nSPS) is 12.2. The summed E-state index contributed by atoms with van der Waals surface area (Å²) in [4.78, 5) is 0. The van der Waals surface area contributed by atoms with E-state index in [0.717, 1.165) is 22.2 Å². The van der Waals surface area contributed by atoms with Crippen LogP contribution < -0.4 is 10.5 Å². The molecule has 0 aliphatic rings. The van der Waals surface area contributed by atoms with Crippen LogP contribution in [-0.4, -0.2) is 6.54 Å². The Morgan fingerprint density at radius 3 is 2.63 bits per heavy atom. The van der Waals surface area contributed by atoms with Gasteiger partial charge in [-0.3, -0.25) is 0 Å². The van der Waals surface area contributed by atoms with Crippen LogP contribution in [0, 0.1) is 0 Å². The lowest BCUT2D eigenvalue weighted by Gasteiger charge is -2.18. The molecule has 2 N–H and O–H groups in total. The molecule has 0 radical (unpaired) electrons. The van der Waals surface area contributed by atoms with Gasteiger partial charge in [-0.2, -0.15) is 0 Å². The fourth-order valence-electron chi connectivity index (χ4n) is 1.96. The first-order valence-electron chi connectivity index (χ1n) is 6.44. The molecule has 100 valence electrons. The Hall–Kier alpha value is -1.32. The van der Waals surface area contributed by atoms with E-state index in [4.69, 9.17) is 10.5 Å². The Morgan fingerprint density at radius 1 is 1.16 bits per heavy atom. The van der Waals surface area contributed by atoms with Gasteiger partial charge < -0.3 is 10.5 Å². The van der Waals surface area contributed by atoms with Gasteiger partial charge in [0, 0.05) is 11.0 Å². The minimum Gasteiger partial charge on any atom is -0.484 e. The summed E-state index contributed by atoms with van der Waals surface area (Å²) in [6.07, 6.45) is 0.881. The molecule has 0 heterocycles. The predicted molar refractivity (Wildman–Crippen MR) is 82.4 cm³/mol. The molecule has 0 saturated heterocycles. The first-order chi connectivity index (χ1) is 9.22. The number of hydrogen-bond donors (Lipinski definition) is 1. The van der Waals surface area contributed by atoms with Crippen molar-refractivity contribution in [3.8, 4) is 5.75 Å². The lowest BCUT2D eigenvalue weighted by atomic mass is 10.1. The third kappa shape index (κ3) is 3.82. The van der Waals surface area contributed by atoms with E-state index in [2.05, 4.69) is 35.0 Å². The fraction of sp³-hybridized carbons (Fsp3) is 0.250. The molecule has 0 fully saturated rings. The maximum absolute atomic E-state index is 6.00. The number of benzene rings is 2. The van der Waals surface area contributed by atoms with Crippen molar-refractivity contribution in [3.63, 3.8) is 0 Å². The first-order valence-corrected chi connectivity index (χ1v) is 7.23. The number of ether oxygens (including phenoxy) is 1. The summed E-state index contributed by atoms with van der Waals surface area (Å²) in [5.74, 6) is 0.870. The molecule has 0 bridgehead atoms. The van der Waals surface area contributed by atoms with Crippen LogP contribution in [0.15, 0.2) is 53.0 Å². The minimum atomic E-state index is -0.121. The third-order valence-electron chi connectivity index (χ3n) is 3.02. The summed E-state index contributed by atoms with van der Waals surface area (Å²) < 4.78 is 7.04. The van der Waals surface area contributed by atoms with E-state index in [1.807, 2.05) is 36.4 Å². The number of nitrogens with two attached hydrogens (primary N) is 1. The zero-order valence-corrected chi connectivity index (χ0v) is 12.6. The lowest BCUT2D eigenvalue weighted by molar-refractivity contribution is 0.214. The van der Waals surface area contributed by atoms with Gasteiger partial charge in [-0.1, -0.05) is 47.1 Å². The Kier molecular flexibility index (Phi) is 5.00. The molecular weight excluding hydrogens is 302 g/mol. The SMILES string of the molecule is CCc1cccc(OC(CN)c2cccc(Br)c2)c1. The molecule has 2 aromatic rings. The molecule has 1 atom stereocenters. The zero-order valence-electron chi connectivity index (χ0n) is 11.0. The summed E-state index contributed by atoms with van der Waals surface area (Å²) in [7, 11) is 0. The largest absolute Gasteiger partial charge is 0.484 e. The molecule has 19 heavy (non-hydrogen) atoms. The molecule has 0 aromatic heterocycles. The molecule has 0 spiro atoms. The first kappa shape index (κ1) is 14.1. The van der Waals surface area contributed by atoms with Gasteiger partial charge in [-0.15, -0.1) is 0 Å². The molecule has 2 aromatic carbocycles. The van der Waals surface area contributed by atoms with Crippen molar-refractivity contribution in [2.45, 2.75) is 19.4 Å². The fourth-order valence-corrected chi connectivity index (χ4v) is 2.38. The quantitative estimate of drug-likeness (QED) is 0.900. The van der Waals surface area contributed by atoms with Crippen molar-refractivity contribution in [2.75, 3.05) is 6.54 Å². The second-order valence-corrected chi connectivity index (χ2v) is 5.31. The lowest BCUT2D eigenvalue weighted by Crippen LogP contribution is -2.18. The highest BCUT2D eigenvalue weighted by molar-refractivity contribution is 9.10. The van der Waals surface area contributed by atoms with Crippen molar-refractivity contribution in [2.24, 2.45) is 5.73 Å². The van der Waals surface area contributed by atoms with Crippen LogP contribution in [0.2, 0.25) is 0 Å². The van der Waals surface area contributed by atoms with E-state index in [1.54, 1.807) is 0 Å². The molecular formula is C16H18BrNO. The van der Waals surface area contributed by atoms with Crippen molar-refractivity contribution in [1.29, 1.82) is 0 Å². The van der Waals surface area contributed by atoms with Gasteiger partial charge in [0.2, 0.25) is 0 Å². The second-order valence-electron chi connectivity index (χ2n) is 4.40. The summed E-state index contributed by atoms with van der Waals surface area (Å²) in [6, 6.07) is 16.2. The number of aryl methyl sites for hydroxylation is 1. The highest BCUT2D eigenvalue weighted by Gasteiger charge is 2.11. The Balaban J connectivity index is 2.18. The van der Waals surface area contributed by atoms with E-state index < -0.39 is 0 Å². The highest BCUT2D eigenvalue weighted by Crippen LogP contribution is 2.24. The van der Waals surface area contributed by atoms with E-state index in [1.165, 1.54) is 5.56 Å². The smallest absolute Gasteiger partial charge is 0.136 e. The number of halogens is 1. The zero-order chi connectivity index (χ0) is 13.7. The summed E-state index contributed by atoms with van der Waals surface area (Å²) in [5.41, 5.74) is 8.18. The Morgan fingerprint density at radius 2 is 1.95 bits per heavy atom. The van der Waals surface area contributed by atoms with Crippen LogP contribution in [0.4, 0.5) is 0 Å². The van der Waals surface area contributed by atoms with Crippen molar-refractivity contribution >= 4 is 15.9 Å². The maximum Gasteiger partial charge on any atom is 0.136 e. The second kappa shape index (κ2) is 6.73. The van der Waals surface area contributed by atoms with Crippen LogP contribution >= 0.6 is 15.9 Å². The topological polar surface area (TPSA) is 35.2 Å². The van der Waals surface area contributed by atoms with E-state index >= 15 is 0 Å². The average molecular weight is 320 g/mol. The highest BCUT2D eigenvalue weighted by atomic mass is 79.9. The number of rotatable bonds is 5. The van der Waals surface area contributed by atoms with Gasteiger partial charge in [0.25, 0.3) is 0 Å². The molecule has 1 unspecified atom stereocenters. The Labute approximate surface area is 122 Å². The van der Waals surface area contributed by atoms with Gasteiger partial charge in [0.05, 0.1) is 0 Å². The number of hydrogen-bond acceptors (Lipinski definition) is 2. The molecule has 0 saturated carbocycles. The summed E-state index contributed by atoms with van der Waals surface area (Å²) in [6.45, 7) is 2.58. The molecule has 0 amide bonds. The van der Waals surface area contributed by atoms with Crippen LogP contribution in [0.1, 0.15) is 24.2 Å². The van der Waals surface area contributed by atoms with Gasteiger partial charge in [0.15, 0.2) is 0 Å². The molecule has 2 nitrogen and oxygen atoms in total. The van der Waals surface area contributed by atoms with Crippen LogP contribution in [0.25, 0.3) is 0 Å². The van der Waals surface area contributed by atoms with Gasteiger partial charge in [-0.25, -0.2) is 0 Å². The predicted octanol–water partition coefficient (Wildman–Crippen LogP) is 4.09. The third-order valence-corrected chi connectivity index (χ3v) is 3.51. The van der Waals surface area contributed by atoms with Crippen molar-refractivity contribution in [1.82, 2.24) is 0 Å². The van der Waals surface area contributed by atoms with E-state index in [0.29, 0.717) is 6.54 Å². The van der Waals surface area contributed by atoms with Crippen LogP contribution in [0.5, 0.6) is 5.75 Å². The van der Waals surface area contributed by atoms with Gasteiger partial charge in [-0.05, 0) is 41.8 Å². The minimum absolute atomic E-state index is 0.121. The molecule has 2 rings (SSSR count). The maximum atomic E-state index is 6.00. The summed E-state index contributed by atoms with van der Waals surface area (Å²) in [5, 5.41) is 0.